The van der Waals surface area contributed by atoms with Gasteiger partial charge in [-0.3, -0.25) is 0 Å². The molecule has 2 aromatic rings. The second kappa shape index (κ2) is 9.75. The van der Waals surface area contributed by atoms with Gasteiger partial charge in [0.1, 0.15) is 17.2 Å². The Morgan fingerprint density at radius 2 is 1.44 bits per heavy atom. The van der Waals surface area contributed by atoms with Crippen LogP contribution < -0.4 is 25.7 Å². The van der Waals surface area contributed by atoms with Crippen molar-refractivity contribution in [3.8, 4) is 17.2 Å². The number of methoxy groups -OCH3 is 2. The van der Waals surface area contributed by atoms with Crippen LogP contribution in [-0.2, 0) is 13.1 Å². The van der Waals surface area contributed by atoms with E-state index in [4.69, 9.17) is 20.9 Å². The molecule has 0 saturated carbocycles. The van der Waals surface area contributed by atoms with E-state index in [1.807, 2.05) is 18.2 Å². The molecule has 0 atom stereocenters. The van der Waals surface area contributed by atoms with E-state index in [0.717, 1.165) is 22.6 Å². The quantitative estimate of drug-likeness (QED) is 0.858. The molecule has 0 aromatic heterocycles. The minimum absolute atomic E-state index is 0.232. The Kier molecular flexibility index (Phi) is 8.03. The highest BCUT2D eigenvalue weighted by molar-refractivity contribution is 5.40. The Balaban J connectivity index is 0.000000251. The van der Waals surface area contributed by atoms with Gasteiger partial charge in [-0.25, -0.2) is 0 Å². The molecule has 0 saturated heterocycles. The van der Waals surface area contributed by atoms with Crippen LogP contribution in [0.4, 0.5) is 13.2 Å². The van der Waals surface area contributed by atoms with Gasteiger partial charge in [0.05, 0.1) is 14.2 Å². The summed E-state index contributed by atoms with van der Waals surface area (Å²) < 4.78 is 48.8. The van der Waals surface area contributed by atoms with Crippen molar-refractivity contribution in [1.29, 1.82) is 0 Å². The van der Waals surface area contributed by atoms with Crippen LogP contribution in [0.3, 0.4) is 0 Å². The zero-order chi connectivity index (χ0) is 18.9. The molecular weight excluding hydrogens is 337 g/mol. The lowest BCUT2D eigenvalue weighted by Crippen LogP contribution is -2.17. The smallest absolute Gasteiger partial charge is 0.497 e. The number of rotatable bonds is 5. The first kappa shape index (κ1) is 20.6. The van der Waals surface area contributed by atoms with Crippen LogP contribution in [0.25, 0.3) is 0 Å². The fraction of sp³-hybridized carbons (Fsp3) is 0.294. The Morgan fingerprint density at radius 3 is 1.88 bits per heavy atom. The van der Waals surface area contributed by atoms with Gasteiger partial charge in [-0.2, -0.15) is 0 Å². The maximum Gasteiger partial charge on any atom is 0.573 e. The van der Waals surface area contributed by atoms with Gasteiger partial charge in [0.2, 0.25) is 0 Å². The first-order chi connectivity index (χ1) is 11.8. The molecule has 0 fully saturated rings. The van der Waals surface area contributed by atoms with Crippen LogP contribution in [0.5, 0.6) is 17.2 Å². The van der Waals surface area contributed by atoms with E-state index >= 15 is 0 Å². The normalized spacial score (nSPS) is 10.5. The molecular formula is C17H21F3N2O3. The van der Waals surface area contributed by atoms with Gasteiger partial charge in [0.25, 0.3) is 0 Å². The minimum Gasteiger partial charge on any atom is -0.497 e. The van der Waals surface area contributed by atoms with Crippen molar-refractivity contribution in [2.75, 3.05) is 14.2 Å². The van der Waals surface area contributed by atoms with Crippen LogP contribution in [0.2, 0.25) is 0 Å². The molecule has 0 unspecified atom stereocenters. The van der Waals surface area contributed by atoms with Gasteiger partial charge < -0.3 is 25.7 Å². The summed E-state index contributed by atoms with van der Waals surface area (Å²) in [6.07, 6.45) is -4.63. The number of hydrogen-bond donors (Lipinski definition) is 2. The number of ether oxygens (including phenoxy) is 3. The van der Waals surface area contributed by atoms with Crippen molar-refractivity contribution < 1.29 is 27.4 Å². The van der Waals surface area contributed by atoms with Gasteiger partial charge in [-0.1, -0.05) is 18.2 Å². The van der Waals surface area contributed by atoms with Crippen molar-refractivity contribution >= 4 is 0 Å². The molecule has 25 heavy (non-hydrogen) atoms. The van der Waals surface area contributed by atoms with Crippen LogP contribution in [0.1, 0.15) is 11.1 Å². The number of halogens is 3. The zero-order valence-electron chi connectivity index (χ0n) is 14.0. The van der Waals surface area contributed by atoms with Crippen molar-refractivity contribution in [3.63, 3.8) is 0 Å². The lowest BCUT2D eigenvalue weighted by molar-refractivity contribution is -0.274. The van der Waals surface area contributed by atoms with Crippen molar-refractivity contribution in [2.45, 2.75) is 19.5 Å². The summed E-state index contributed by atoms with van der Waals surface area (Å²) in [6.45, 7) is 0.777. The van der Waals surface area contributed by atoms with Crippen LogP contribution in [0.15, 0.2) is 42.5 Å². The molecule has 0 aliphatic carbocycles. The molecule has 2 rings (SSSR count). The molecule has 138 valence electrons. The van der Waals surface area contributed by atoms with Crippen LogP contribution in [-0.4, -0.2) is 20.6 Å². The SMILES string of the molecule is COc1ccc(CN)c(OC)c1.NCc1ccc(OC(F)(F)F)cc1. The number of benzene rings is 2. The summed E-state index contributed by atoms with van der Waals surface area (Å²) in [4.78, 5) is 0. The first-order valence-corrected chi connectivity index (χ1v) is 7.28. The van der Waals surface area contributed by atoms with Crippen molar-refractivity contribution in [1.82, 2.24) is 0 Å². The highest BCUT2D eigenvalue weighted by Crippen LogP contribution is 2.24. The van der Waals surface area contributed by atoms with E-state index < -0.39 is 6.36 Å². The summed E-state index contributed by atoms with van der Waals surface area (Å²) in [5, 5.41) is 0. The van der Waals surface area contributed by atoms with Crippen molar-refractivity contribution in [2.24, 2.45) is 11.5 Å². The Hall–Kier alpha value is -2.45. The Labute approximate surface area is 144 Å². The average Bonchev–Trinajstić information content (AvgIpc) is 2.61. The van der Waals surface area contributed by atoms with Crippen LogP contribution in [0, 0.1) is 0 Å². The molecule has 0 heterocycles. The maximum absolute atomic E-state index is 11.7. The lowest BCUT2D eigenvalue weighted by Gasteiger charge is -2.08. The third-order valence-electron chi connectivity index (χ3n) is 3.11. The fourth-order valence-corrected chi connectivity index (χ4v) is 1.85. The number of hydrogen-bond acceptors (Lipinski definition) is 5. The molecule has 4 N–H and O–H groups in total. The Bertz CT molecular complexity index is 647. The topological polar surface area (TPSA) is 79.7 Å². The third kappa shape index (κ3) is 7.32. The first-order valence-electron chi connectivity index (χ1n) is 7.28. The molecule has 0 aliphatic heterocycles. The number of alkyl halides is 3. The summed E-state index contributed by atoms with van der Waals surface area (Å²) in [5.74, 6) is 1.32. The molecule has 5 nitrogen and oxygen atoms in total. The predicted octanol–water partition coefficient (Wildman–Crippen LogP) is 3.21. The van der Waals surface area contributed by atoms with Gasteiger partial charge in [0.15, 0.2) is 0 Å². The average molecular weight is 358 g/mol. The molecule has 2 aromatic carbocycles. The monoisotopic (exact) mass is 358 g/mol. The molecule has 0 amide bonds. The summed E-state index contributed by atoms with van der Waals surface area (Å²) in [7, 11) is 3.24. The fourth-order valence-electron chi connectivity index (χ4n) is 1.85. The van der Waals surface area contributed by atoms with Gasteiger partial charge in [0, 0.05) is 24.7 Å². The van der Waals surface area contributed by atoms with E-state index in [2.05, 4.69) is 4.74 Å². The number of nitrogens with two attached hydrogens (primary N) is 2. The summed E-state index contributed by atoms with van der Waals surface area (Å²) in [6, 6.07) is 11.0. The summed E-state index contributed by atoms with van der Waals surface area (Å²) in [5.41, 5.74) is 12.5. The zero-order valence-corrected chi connectivity index (χ0v) is 14.0. The van der Waals surface area contributed by atoms with E-state index in [1.165, 1.54) is 24.3 Å². The highest BCUT2D eigenvalue weighted by atomic mass is 19.4. The molecule has 0 bridgehead atoms. The minimum atomic E-state index is -4.63. The lowest BCUT2D eigenvalue weighted by atomic mass is 10.2. The standard InChI is InChI=1S/C9H13NO2.C8H8F3NO/c1-11-8-4-3-7(6-10)9(5-8)12-2;9-8(10,11)13-7-3-1-6(5-12)2-4-7/h3-5H,6,10H2,1-2H3;1-4H,5,12H2. The van der Waals surface area contributed by atoms with Crippen molar-refractivity contribution in [3.05, 3.63) is 53.6 Å². The van der Waals surface area contributed by atoms with Crippen LogP contribution >= 0.6 is 0 Å². The highest BCUT2D eigenvalue weighted by Gasteiger charge is 2.30. The molecule has 0 spiro atoms. The molecule has 0 aliphatic rings. The van der Waals surface area contributed by atoms with Gasteiger partial charge >= 0.3 is 6.36 Å². The third-order valence-corrected chi connectivity index (χ3v) is 3.11. The predicted molar refractivity (Wildman–Crippen MR) is 88.5 cm³/mol. The van der Waals surface area contributed by atoms with E-state index in [0.29, 0.717) is 13.1 Å². The molecule has 8 heteroatoms. The van der Waals surface area contributed by atoms with E-state index in [1.54, 1.807) is 14.2 Å². The second-order valence-electron chi connectivity index (χ2n) is 4.78. The largest absolute Gasteiger partial charge is 0.573 e. The second-order valence-corrected chi connectivity index (χ2v) is 4.78. The summed E-state index contributed by atoms with van der Waals surface area (Å²) >= 11 is 0. The molecule has 0 radical (unpaired) electrons. The van der Waals surface area contributed by atoms with E-state index in [-0.39, 0.29) is 5.75 Å². The van der Waals surface area contributed by atoms with Gasteiger partial charge in [-0.15, -0.1) is 13.2 Å². The van der Waals surface area contributed by atoms with E-state index in [9.17, 15) is 13.2 Å². The maximum atomic E-state index is 11.7. The van der Waals surface area contributed by atoms with Gasteiger partial charge in [-0.05, 0) is 23.8 Å². The Morgan fingerprint density at radius 1 is 0.840 bits per heavy atom.